The largest absolute Gasteiger partial charge is 0.501 e. The lowest BCUT2D eigenvalue weighted by Crippen LogP contribution is -2.31. The van der Waals surface area contributed by atoms with E-state index in [0.717, 1.165) is 18.9 Å². The van der Waals surface area contributed by atoms with Crippen LogP contribution in [-0.2, 0) is 14.6 Å². The number of rotatable bonds is 4. The standard InChI is InChI=1S/C13H16F3NO3S/c1-9(11-6-4-8-20-11)17-10-5-2-3-7-12(10)21(18,19)13(14,15)16/h2-3,5,7,9,11,17H,4,6,8H2,1H3. The van der Waals surface area contributed by atoms with Gasteiger partial charge in [0.1, 0.15) is 0 Å². The molecule has 1 N–H and O–H groups in total. The third-order valence-electron chi connectivity index (χ3n) is 3.39. The van der Waals surface area contributed by atoms with Crippen molar-refractivity contribution in [2.45, 2.75) is 42.3 Å². The second-order valence-electron chi connectivity index (χ2n) is 4.93. The van der Waals surface area contributed by atoms with Crippen molar-refractivity contribution in [3.8, 4) is 0 Å². The zero-order valence-corrected chi connectivity index (χ0v) is 12.2. The number of benzene rings is 1. The molecule has 2 rings (SSSR count). The molecule has 0 amide bonds. The van der Waals surface area contributed by atoms with Gasteiger partial charge in [-0.2, -0.15) is 13.2 Å². The minimum absolute atomic E-state index is 0.0576. The van der Waals surface area contributed by atoms with Gasteiger partial charge in [0.15, 0.2) is 0 Å². The van der Waals surface area contributed by atoms with Crippen LogP contribution in [0.1, 0.15) is 19.8 Å². The number of alkyl halides is 3. The summed E-state index contributed by atoms with van der Waals surface area (Å²) in [5.41, 5.74) is -5.38. The van der Waals surface area contributed by atoms with Gasteiger partial charge in [0.25, 0.3) is 9.84 Å². The zero-order valence-electron chi connectivity index (χ0n) is 11.4. The van der Waals surface area contributed by atoms with Crippen LogP contribution in [0.2, 0.25) is 0 Å². The minimum Gasteiger partial charge on any atom is -0.379 e. The van der Waals surface area contributed by atoms with Crippen LogP contribution < -0.4 is 5.32 Å². The summed E-state index contributed by atoms with van der Waals surface area (Å²) in [7, 11) is -5.38. The Morgan fingerprint density at radius 3 is 2.57 bits per heavy atom. The van der Waals surface area contributed by atoms with Crippen LogP contribution in [0.5, 0.6) is 0 Å². The Bertz CT molecular complexity index is 595. The molecule has 8 heteroatoms. The molecular formula is C13H16F3NO3S. The van der Waals surface area contributed by atoms with Gasteiger partial charge in [-0.3, -0.25) is 0 Å². The van der Waals surface area contributed by atoms with E-state index in [1.165, 1.54) is 18.2 Å². The normalized spacial score (nSPS) is 21.2. The van der Waals surface area contributed by atoms with Gasteiger partial charge in [-0.25, -0.2) is 8.42 Å². The fourth-order valence-electron chi connectivity index (χ4n) is 2.28. The molecule has 21 heavy (non-hydrogen) atoms. The molecular weight excluding hydrogens is 307 g/mol. The van der Waals surface area contributed by atoms with E-state index >= 15 is 0 Å². The van der Waals surface area contributed by atoms with Crippen LogP contribution in [0.15, 0.2) is 29.2 Å². The first-order valence-electron chi connectivity index (χ1n) is 6.52. The number of hydrogen-bond donors (Lipinski definition) is 1. The Balaban J connectivity index is 2.29. The molecule has 0 aliphatic carbocycles. The van der Waals surface area contributed by atoms with E-state index in [9.17, 15) is 21.6 Å². The molecule has 4 nitrogen and oxygen atoms in total. The second-order valence-corrected chi connectivity index (χ2v) is 6.84. The summed E-state index contributed by atoms with van der Waals surface area (Å²) in [6, 6.07) is 4.75. The third kappa shape index (κ3) is 3.32. The lowest BCUT2D eigenvalue weighted by molar-refractivity contribution is -0.0435. The Labute approximate surface area is 121 Å². The van der Waals surface area contributed by atoms with Crippen molar-refractivity contribution < 1.29 is 26.3 Å². The SMILES string of the molecule is CC(Nc1ccccc1S(=O)(=O)C(F)(F)F)C1CCCO1. The van der Waals surface area contributed by atoms with Crippen molar-refractivity contribution in [2.24, 2.45) is 0 Å². The molecule has 0 bridgehead atoms. The maximum absolute atomic E-state index is 12.7. The molecule has 1 heterocycles. The van der Waals surface area contributed by atoms with Gasteiger partial charge >= 0.3 is 5.51 Å². The van der Waals surface area contributed by atoms with Crippen LogP contribution in [0.3, 0.4) is 0 Å². The van der Waals surface area contributed by atoms with Gasteiger partial charge in [0.05, 0.1) is 16.7 Å². The quantitative estimate of drug-likeness (QED) is 0.925. The van der Waals surface area contributed by atoms with Crippen molar-refractivity contribution in [2.75, 3.05) is 11.9 Å². The van der Waals surface area contributed by atoms with Crippen molar-refractivity contribution >= 4 is 15.5 Å². The molecule has 1 aromatic carbocycles. The first-order chi connectivity index (χ1) is 9.73. The Hall–Kier alpha value is -1.28. The van der Waals surface area contributed by atoms with Crippen molar-refractivity contribution in [1.29, 1.82) is 0 Å². The van der Waals surface area contributed by atoms with E-state index < -0.39 is 20.2 Å². The molecule has 1 aliphatic heterocycles. The summed E-state index contributed by atoms with van der Waals surface area (Å²) in [5.74, 6) is 0. The van der Waals surface area contributed by atoms with Crippen molar-refractivity contribution in [3.05, 3.63) is 24.3 Å². The molecule has 0 aromatic heterocycles. The van der Waals surface area contributed by atoms with E-state index in [1.54, 1.807) is 6.92 Å². The predicted octanol–water partition coefficient (Wildman–Crippen LogP) is 2.96. The molecule has 1 aliphatic rings. The Morgan fingerprint density at radius 2 is 2.00 bits per heavy atom. The van der Waals surface area contributed by atoms with E-state index in [0.29, 0.717) is 6.61 Å². The molecule has 118 valence electrons. The average molecular weight is 323 g/mol. The molecule has 0 spiro atoms. The summed E-state index contributed by atoms with van der Waals surface area (Å²) in [6.45, 7) is 2.37. The third-order valence-corrected chi connectivity index (χ3v) is 4.93. The number of hydrogen-bond acceptors (Lipinski definition) is 4. The number of sulfone groups is 1. The first-order valence-corrected chi connectivity index (χ1v) is 8.00. The van der Waals surface area contributed by atoms with Gasteiger partial charge in [-0.05, 0) is 31.9 Å². The van der Waals surface area contributed by atoms with Gasteiger partial charge in [-0.15, -0.1) is 0 Å². The topological polar surface area (TPSA) is 55.4 Å². The minimum atomic E-state index is -5.38. The predicted molar refractivity (Wildman–Crippen MR) is 71.7 cm³/mol. The highest BCUT2D eigenvalue weighted by Crippen LogP contribution is 2.34. The maximum Gasteiger partial charge on any atom is 0.501 e. The number of nitrogens with one attached hydrogen (secondary N) is 1. The molecule has 2 unspecified atom stereocenters. The van der Waals surface area contributed by atoms with E-state index in [2.05, 4.69) is 5.32 Å². The van der Waals surface area contributed by atoms with Gasteiger partial charge in [0, 0.05) is 12.6 Å². The maximum atomic E-state index is 12.7. The number of para-hydroxylation sites is 1. The second kappa shape index (κ2) is 5.84. The lowest BCUT2D eigenvalue weighted by atomic mass is 10.1. The fourth-order valence-corrected chi connectivity index (χ4v) is 3.20. The molecule has 1 aromatic rings. The van der Waals surface area contributed by atoms with Crippen LogP contribution in [0.4, 0.5) is 18.9 Å². The van der Waals surface area contributed by atoms with E-state index in [-0.39, 0.29) is 17.8 Å². The van der Waals surface area contributed by atoms with Crippen LogP contribution in [0, 0.1) is 0 Å². The number of anilines is 1. The molecule has 0 saturated carbocycles. The molecule has 0 radical (unpaired) electrons. The first kappa shape index (κ1) is 16.1. The van der Waals surface area contributed by atoms with Crippen LogP contribution >= 0.6 is 0 Å². The summed E-state index contributed by atoms with van der Waals surface area (Å²) in [4.78, 5) is -0.762. The molecule has 2 atom stereocenters. The summed E-state index contributed by atoms with van der Waals surface area (Å²) in [5, 5.41) is 2.83. The molecule has 1 saturated heterocycles. The van der Waals surface area contributed by atoms with E-state index in [1.807, 2.05) is 0 Å². The number of halogens is 3. The smallest absolute Gasteiger partial charge is 0.379 e. The van der Waals surface area contributed by atoms with Gasteiger partial charge in [-0.1, -0.05) is 12.1 Å². The Morgan fingerprint density at radius 1 is 1.33 bits per heavy atom. The van der Waals surface area contributed by atoms with Crippen molar-refractivity contribution in [1.82, 2.24) is 0 Å². The summed E-state index contributed by atoms with van der Waals surface area (Å²) in [6.07, 6.45) is 1.55. The highest BCUT2D eigenvalue weighted by Gasteiger charge is 2.48. The summed E-state index contributed by atoms with van der Waals surface area (Å²) < 4.78 is 66.7. The lowest BCUT2D eigenvalue weighted by Gasteiger charge is -2.23. The van der Waals surface area contributed by atoms with Crippen molar-refractivity contribution in [3.63, 3.8) is 0 Å². The highest BCUT2D eigenvalue weighted by molar-refractivity contribution is 7.92. The Kier molecular flexibility index (Phi) is 4.48. The zero-order chi connectivity index (χ0) is 15.7. The van der Waals surface area contributed by atoms with Gasteiger partial charge in [0.2, 0.25) is 0 Å². The van der Waals surface area contributed by atoms with E-state index in [4.69, 9.17) is 4.74 Å². The highest BCUT2D eigenvalue weighted by atomic mass is 32.2. The fraction of sp³-hybridized carbons (Fsp3) is 0.538. The number of ether oxygens (including phenoxy) is 1. The van der Waals surface area contributed by atoms with Crippen LogP contribution in [0.25, 0.3) is 0 Å². The monoisotopic (exact) mass is 323 g/mol. The summed E-state index contributed by atoms with van der Waals surface area (Å²) >= 11 is 0. The molecule has 1 fully saturated rings. The average Bonchev–Trinajstić information content (AvgIpc) is 2.91. The van der Waals surface area contributed by atoms with Crippen LogP contribution in [-0.4, -0.2) is 32.7 Å². The van der Waals surface area contributed by atoms with Gasteiger partial charge < -0.3 is 10.1 Å².